The van der Waals surface area contributed by atoms with Gasteiger partial charge in [-0.05, 0) is 126 Å². The molecule has 0 saturated heterocycles. The van der Waals surface area contributed by atoms with Crippen LogP contribution in [0.5, 0.6) is 0 Å². The second-order valence-corrected chi connectivity index (χ2v) is 17.2. The van der Waals surface area contributed by atoms with Crippen LogP contribution in [0.1, 0.15) is 33.4 Å². The van der Waals surface area contributed by atoms with Gasteiger partial charge in [0.25, 0.3) is 0 Å². The molecule has 294 valence electrons. The number of nitrogens with zero attached hydrogens (tertiary/aromatic N) is 1. The SMILES string of the molecule is c1ccc(-n2c3ccccc3c3cc(-c4ccc(-c5ccc(-c6ccc(Cc7cccc8c7-c7ccccc7C87c8ccccc8-c8ccccc87)cc6)cc5)cc4)ccc32)cc1. The van der Waals surface area contributed by atoms with E-state index in [9.17, 15) is 0 Å². The van der Waals surface area contributed by atoms with E-state index in [-0.39, 0.29) is 5.41 Å². The standard InChI is InChI=1S/C62H41N/c1-2-14-49(15-3-1)63-59-24-11-7-18-52(59)54-40-47(37-38-60(54)63)46-35-33-45(34-36-46)44-31-29-43(30-32-44)42-27-25-41(26-28-42)39-48-13-12-23-58-61(48)53-19-6-10-22-57(53)62(58)55-20-8-4-16-50(55)51-17-5-9-21-56(51)62/h1-38,40H,39H2. The Labute approximate surface area is 367 Å². The molecule has 1 aromatic heterocycles. The maximum Gasteiger partial charge on any atom is 0.0725 e. The van der Waals surface area contributed by atoms with Crippen molar-refractivity contribution in [1.82, 2.24) is 4.57 Å². The fraction of sp³-hybridized carbons (Fsp3) is 0.0323. The van der Waals surface area contributed by atoms with Crippen LogP contribution < -0.4 is 0 Å². The molecule has 1 heterocycles. The van der Waals surface area contributed by atoms with E-state index in [1.807, 2.05) is 0 Å². The van der Waals surface area contributed by atoms with Crippen LogP contribution in [-0.2, 0) is 11.8 Å². The molecule has 0 fully saturated rings. The summed E-state index contributed by atoms with van der Waals surface area (Å²) in [6, 6.07) is 87.7. The molecule has 63 heavy (non-hydrogen) atoms. The Morgan fingerprint density at radius 3 is 1.41 bits per heavy atom. The first-order chi connectivity index (χ1) is 31.2. The molecule has 0 radical (unpaired) electrons. The lowest BCUT2D eigenvalue weighted by atomic mass is 9.70. The van der Waals surface area contributed by atoms with Gasteiger partial charge in [0.1, 0.15) is 0 Å². The van der Waals surface area contributed by atoms with Gasteiger partial charge < -0.3 is 4.57 Å². The van der Waals surface area contributed by atoms with E-state index in [1.165, 1.54) is 117 Å². The fourth-order valence-corrected chi connectivity index (χ4v) is 11.1. The van der Waals surface area contributed by atoms with Crippen LogP contribution in [0.4, 0.5) is 0 Å². The number of rotatable bonds is 6. The Bertz CT molecular complexity index is 3510. The Morgan fingerprint density at radius 1 is 0.317 bits per heavy atom. The van der Waals surface area contributed by atoms with Gasteiger partial charge in [-0.2, -0.15) is 0 Å². The highest BCUT2D eigenvalue weighted by molar-refractivity contribution is 6.10. The quantitative estimate of drug-likeness (QED) is 0.158. The van der Waals surface area contributed by atoms with Gasteiger partial charge in [-0.1, -0.05) is 206 Å². The molecule has 1 spiro atoms. The molecule has 11 aromatic rings. The minimum absolute atomic E-state index is 0.311. The third kappa shape index (κ3) is 5.36. The highest BCUT2D eigenvalue weighted by atomic mass is 15.0. The van der Waals surface area contributed by atoms with Crippen molar-refractivity contribution in [2.75, 3.05) is 0 Å². The van der Waals surface area contributed by atoms with Gasteiger partial charge in [0.2, 0.25) is 0 Å². The van der Waals surface area contributed by atoms with Crippen molar-refractivity contribution >= 4 is 21.8 Å². The predicted molar refractivity (Wildman–Crippen MR) is 263 cm³/mol. The van der Waals surface area contributed by atoms with Gasteiger partial charge in [0.15, 0.2) is 0 Å². The molecular weight excluding hydrogens is 759 g/mol. The third-order valence-electron chi connectivity index (χ3n) is 13.9. The lowest BCUT2D eigenvalue weighted by Gasteiger charge is -2.30. The first kappa shape index (κ1) is 35.7. The summed E-state index contributed by atoms with van der Waals surface area (Å²) in [6.07, 6.45) is 0.872. The van der Waals surface area contributed by atoms with Crippen LogP contribution in [0.2, 0.25) is 0 Å². The molecule has 0 atom stereocenters. The molecule has 0 unspecified atom stereocenters. The lowest BCUT2D eigenvalue weighted by Crippen LogP contribution is -2.25. The number of hydrogen-bond donors (Lipinski definition) is 0. The maximum atomic E-state index is 2.38. The van der Waals surface area contributed by atoms with Crippen molar-refractivity contribution in [1.29, 1.82) is 0 Å². The largest absolute Gasteiger partial charge is 0.309 e. The van der Waals surface area contributed by atoms with E-state index in [2.05, 4.69) is 241 Å². The molecule has 1 heteroatoms. The van der Waals surface area contributed by atoms with Crippen LogP contribution in [0.3, 0.4) is 0 Å². The fourth-order valence-electron chi connectivity index (χ4n) is 11.1. The highest BCUT2D eigenvalue weighted by Crippen LogP contribution is 2.63. The van der Waals surface area contributed by atoms with Crippen LogP contribution in [0.15, 0.2) is 237 Å². The van der Waals surface area contributed by atoms with E-state index in [0.29, 0.717) is 0 Å². The normalized spacial score (nSPS) is 13.0. The topological polar surface area (TPSA) is 4.93 Å². The maximum absolute atomic E-state index is 2.38. The van der Waals surface area contributed by atoms with Crippen molar-refractivity contribution in [2.45, 2.75) is 11.8 Å². The van der Waals surface area contributed by atoms with Gasteiger partial charge in [0, 0.05) is 16.5 Å². The van der Waals surface area contributed by atoms with Gasteiger partial charge in [-0.25, -0.2) is 0 Å². The lowest BCUT2D eigenvalue weighted by molar-refractivity contribution is 0.793. The molecule has 1 nitrogen and oxygen atoms in total. The van der Waals surface area contributed by atoms with Gasteiger partial charge in [0.05, 0.1) is 16.4 Å². The van der Waals surface area contributed by atoms with Crippen LogP contribution in [0, 0.1) is 0 Å². The summed E-state index contributed by atoms with van der Waals surface area (Å²) in [5.74, 6) is 0. The van der Waals surface area contributed by atoms with Crippen molar-refractivity contribution < 1.29 is 0 Å². The molecule has 2 aliphatic carbocycles. The first-order valence-corrected chi connectivity index (χ1v) is 22.0. The summed E-state index contributed by atoms with van der Waals surface area (Å²) in [5.41, 5.74) is 24.3. The van der Waals surface area contributed by atoms with Crippen molar-refractivity contribution in [3.8, 4) is 61.3 Å². The molecule has 0 amide bonds. The third-order valence-corrected chi connectivity index (χ3v) is 13.9. The Morgan fingerprint density at radius 2 is 0.778 bits per heavy atom. The van der Waals surface area contributed by atoms with Crippen molar-refractivity contribution in [2.24, 2.45) is 0 Å². The first-order valence-electron chi connectivity index (χ1n) is 22.0. The van der Waals surface area contributed by atoms with E-state index >= 15 is 0 Å². The van der Waals surface area contributed by atoms with Gasteiger partial charge in [-0.15, -0.1) is 0 Å². The molecular formula is C62H41N. The number of fused-ring (bicyclic) bond motifs is 13. The van der Waals surface area contributed by atoms with Crippen molar-refractivity contribution in [3.63, 3.8) is 0 Å². The molecule has 13 rings (SSSR count). The van der Waals surface area contributed by atoms with Crippen LogP contribution in [-0.4, -0.2) is 4.57 Å². The summed E-state index contributed by atoms with van der Waals surface area (Å²) >= 11 is 0. The van der Waals surface area contributed by atoms with Crippen molar-refractivity contribution in [3.05, 3.63) is 270 Å². The average Bonchev–Trinajstić information content (AvgIpc) is 3.97. The number of aromatic nitrogens is 1. The van der Waals surface area contributed by atoms with Crippen LogP contribution >= 0.6 is 0 Å². The summed E-state index contributed by atoms with van der Waals surface area (Å²) in [4.78, 5) is 0. The molecule has 2 aliphatic rings. The van der Waals surface area contributed by atoms with Gasteiger partial charge in [-0.3, -0.25) is 0 Å². The van der Waals surface area contributed by atoms with E-state index in [0.717, 1.165) is 6.42 Å². The van der Waals surface area contributed by atoms with Crippen LogP contribution in [0.25, 0.3) is 83.1 Å². The summed E-state index contributed by atoms with van der Waals surface area (Å²) in [5, 5.41) is 2.54. The second kappa shape index (κ2) is 14.0. The van der Waals surface area contributed by atoms with E-state index in [1.54, 1.807) is 0 Å². The molecule has 0 bridgehead atoms. The predicted octanol–water partition coefficient (Wildman–Crippen LogP) is 15.7. The zero-order valence-corrected chi connectivity index (χ0v) is 34.7. The van der Waals surface area contributed by atoms with E-state index < -0.39 is 0 Å². The number of hydrogen-bond acceptors (Lipinski definition) is 0. The molecule has 0 saturated carbocycles. The minimum Gasteiger partial charge on any atom is -0.309 e. The summed E-state index contributed by atoms with van der Waals surface area (Å²) < 4.78 is 2.37. The second-order valence-electron chi connectivity index (χ2n) is 17.2. The molecule has 0 N–H and O–H groups in total. The Hall–Kier alpha value is -8.00. The van der Waals surface area contributed by atoms with Gasteiger partial charge >= 0.3 is 0 Å². The minimum atomic E-state index is -0.311. The highest BCUT2D eigenvalue weighted by Gasteiger charge is 2.51. The molecule has 10 aromatic carbocycles. The number of para-hydroxylation sites is 2. The monoisotopic (exact) mass is 799 g/mol. The smallest absolute Gasteiger partial charge is 0.0725 e. The zero-order chi connectivity index (χ0) is 41.5. The molecule has 0 aliphatic heterocycles. The van der Waals surface area contributed by atoms with E-state index in [4.69, 9.17) is 0 Å². The number of benzene rings is 10. The Kier molecular flexibility index (Phi) is 7.95. The summed E-state index contributed by atoms with van der Waals surface area (Å²) in [7, 11) is 0. The Balaban J connectivity index is 0.768. The zero-order valence-electron chi connectivity index (χ0n) is 34.7. The average molecular weight is 800 g/mol. The summed E-state index contributed by atoms with van der Waals surface area (Å²) in [6.45, 7) is 0.